The van der Waals surface area contributed by atoms with E-state index in [1.165, 1.54) is 0 Å². The minimum atomic E-state index is -0.643. The van der Waals surface area contributed by atoms with Gasteiger partial charge < -0.3 is 15.2 Å². The van der Waals surface area contributed by atoms with Crippen LogP contribution in [0.15, 0.2) is 18.2 Å². The Balaban J connectivity index is 1.80. The Morgan fingerprint density at radius 2 is 2.05 bits per heavy atom. The molecule has 1 aromatic carbocycles. The predicted octanol–water partition coefficient (Wildman–Crippen LogP) is 2.41. The molecule has 106 valence electrons. The maximum Gasteiger partial charge on any atom is 0.128 e. The van der Waals surface area contributed by atoms with Crippen molar-refractivity contribution in [2.24, 2.45) is 11.7 Å². The Hall–Kier alpha value is -1.04. The molecule has 3 nitrogen and oxygen atoms in total. The second-order valence-corrected chi connectivity index (χ2v) is 4.87. The van der Waals surface area contributed by atoms with Gasteiger partial charge in [0.15, 0.2) is 0 Å². The molecule has 1 unspecified atom stereocenters. The highest BCUT2D eigenvalue weighted by Crippen LogP contribution is 2.19. The second kappa shape index (κ2) is 6.93. The summed E-state index contributed by atoms with van der Waals surface area (Å²) in [6, 6.07) is 2.64. The van der Waals surface area contributed by atoms with Gasteiger partial charge in [-0.2, -0.15) is 0 Å². The first kappa shape index (κ1) is 14.4. The van der Waals surface area contributed by atoms with Crippen molar-refractivity contribution in [3.63, 3.8) is 0 Å². The molecule has 19 heavy (non-hydrogen) atoms. The lowest BCUT2D eigenvalue weighted by Gasteiger charge is -2.22. The average molecular weight is 271 g/mol. The van der Waals surface area contributed by atoms with Gasteiger partial charge in [0.1, 0.15) is 11.6 Å². The summed E-state index contributed by atoms with van der Waals surface area (Å²) < 4.78 is 37.3. The van der Waals surface area contributed by atoms with E-state index in [2.05, 4.69) is 0 Å². The molecule has 0 bridgehead atoms. The standard InChI is InChI=1S/C14H19F2NO2/c15-11-1-2-13(16)12(7-11)14(17)9-19-8-10-3-5-18-6-4-10/h1-2,7,10,14H,3-6,8-9,17H2. The molecule has 1 heterocycles. The highest BCUT2D eigenvalue weighted by molar-refractivity contribution is 5.22. The van der Waals surface area contributed by atoms with Gasteiger partial charge in [-0.3, -0.25) is 0 Å². The molecule has 5 heteroatoms. The molecule has 0 radical (unpaired) electrons. The van der Waals surface area contributed by atoms with Gasteiger partial charge in [-0.05, 0) is 37.0 Å². The quantitative estimate of drug-likeness (QED) is 0.894. The van der Waals surface area contributed by atoms with Crippen LogP contribution in [0.2, 0.25) is 0 Å². The van der Waals surface area contributed by atoms with Gasteiger partial charge in [-0.15, -0.1) is 0 Å². The number of benzene rings is 1. The van der Waals surface area contributed by atoms with Crippen LogP contribution in [0.25, 0.3) is 0 Å². The first-order chi connectivity index (χ1) is 9.16. The zero-order chi connectivity index (χ0) is 13.7. The van der Waals surface area contributed by atoms with Gasteiger partial charge in [0.25, 0.3) is 0 Å². The third-order valence-electron chi connectivity index (χ3n) is 3.35. The highest BCUT2D eigenvalue weighted by Gasteiger charge is 2.16. The van der Waals surface area contributed by atoms with Crippen LogP contribution < -0.4 is 5.73 Å². The fourth-order valence-electron chi connectivity index (χ4n) is 2.16. The maximum atomic E-state index is 13.5. The van der Waals surface area contributed by atoms with E-state index in [-0.39, 0.29) is 12.2 Å². The van der Waals surface area contributed by atoms with Crippen molar-refractivity contribution in [3.8, 4) is 0 Å². The maximum absolute atomic E-state index is 13.5. The summed E-state index contributed by atoms with van der Waals surface area (Å²) in [7, 11) is 0. The van der Waals surface area contributed by atoms with Gasteiger partial charge in [0, 0.05) is 25.4 Å². The number of hydrogen-bond acceptors (Lipinski definition) is 3. The molecule has 1 aliphatic rings. The lowest BCUT2D eigenvalue weighted by atomic mass is 10.0. The van der Waals surface area contributed by atoms with Gasteiger partial charge in [0.05, 0.1) is 12.6 Å². The summed E-state index contributed by atoms with van der Waals surface area (Å²) in [6.07, 6.45) is 1.95. The van der Waals surface area contributed by atoms with Crippen LogP contribution in [0.1, 0.15) is 24.4 Å². The van der Waals surface area contributed by atoms with E-state index in [9.17, 15) is 8.78 Å². The van der Waals surface area contributed by atoms with Gasteiger partial charge in [-0.1, -0.05) is 0 Å². The van der Waals surface area contributed by atoms with Crippen LogP contribution in [0.4, 0.5) is 8.78 Å². The van der Waals surface area contributed by atoms with E-state index in [4.69, 9.17) is 15.2 Å². The summed E-state index contributed by atoms with van der Waals surface area (Å²) in [5.41, 5.74) is 5.98. The van der Waals surface area contributed by atoms with E-state index in [0.717, 1.165) is 44.3 Å². The van der Waals surface area contributed by atoms with Crippen molar-refractivity contribution in [2.45, 2.75) is 18.9 Å². The SMILES string of the molecule is NC(COCC1CCOCC1)c1cc(F)ccc1F. The number of nitrogens with two attached hydrogens (primary N) is 1. The Labute approximate surface area is 111 Å². The van der Waals surface area contributed by atoms with Crippen LogP contribution >= 0.6 is 0 Å². The van der Waals surface area contributed by atoms with Crippen LogP contribution in [-0.2, 0) is 9.47 Å². The third kappa shape index (κ3) is 4.23. The first-order valence-corrected chi connectivity index (χ1v) is 6.53. The fraction of sp³-hybridized carbons (Fsp3) is 0.571. The van der Waals surface area contributed by atoms with Crippen molar-refractivity contribution < 1.29 is 18.3 Å². The van der Waals surface area contributed by atoms with Crippen LogP contribution in [0, 0.1) is 17.6 Å². The van der Waals surface area contributed by atoms with E-state index < -0.39 is 17.7 Å². The molecule has 0 aliphatic carbocycles. The summed E-state index contributed by atoms with van der Waals surface area (Å²) in [6.45, 7) is 2.31. The minimum absolute atomic E-state index is 0.159. The molecule has 0 amide bonds. The molecule has 1 saturated heterocycles. The Morgan fingerprint density at radius 3 is 2.79 bits per heavy atom. The van der Waals surface area contributed by atoms with Crippen LogP contribution in [0.3, 0.4) is 0 Å². The zero-order valence-electron chi connectivity index (χ0n) is 10.8. The van der Waals surface area contributed by atoms with Crippen LogP contribution in [-0.4, -0.2) is 26.4 Å². The van der Waals surface area contributed by atoms with Crippen molar-refractivity contribution in [1.29, 1.82) is 0 Å². The normalized spacial score (nSPS) is 18.5. The third-order valence-corrected chi connectivity index (χ3v) is 3.35. The fourth-order valence-corrected chi connectivity index (χ4v) is 2.16. The van der Waals surface area contributed by atoms with Gasteiger partial charge >= 0.3 is 0 Å². The zero-order valence-corrected chi connectivity index (χ0v) is 10.8. The van der Waals surface area contributed by atoms with Crippen molar-refractivity contribution in [1.82, 2.24) is 0 Å². The first-order valence-electron chi connectivity index (χ1n) is 6.53. The number of rotatable bonds is 5. The topological polar surface area (TPSA) is 44.5 Å². The van der Waals surface area contributed by atoms with Gasteiger partial charge in [0.2, 0.25) is 0 Å². The Kier molecular flexibility index (Phi) is 5.24. The van der Waals surface area contributed by atoms with Gasteiger partial charge in [-0.25, -0.2) is 8.78 Å². The van der Waals surface area contributed by atoms with Crippen molar-refractivity contribution >= 4 is 0 Å². The molecule has 1 aromatic rings. The molecule has 1 aliphatic heterocycles. The highest BCUT2D eigenvalue weighted by atomic mass is 19.1. The summed E-state index contributed by atoms with van der Waals surface area (Å²) >= 11 is 0. The van der Waals surface area contributed by atoms with Crippen LogP contribution in [0.5, 0.6) is 0 Å². The molecule has 0 saturated carbocycles. The summed E-state index contributed by atoms with van der Waals surface area (Å²) in [4.78, 5) is 0. The van der Waals surface area contributed by atoms with E-state index in [1.54, 1.807) is 0 Å². The molecule has 0 spiro atoms. The lowest BCUT2D eigenvalue weighted by Crippen LogP contribution is -2.24. The van der Waals surface area contributed by atoms with E-state index >= 15 is 0 Å². The molecule has 1 fully saturated rings. The molecule has 2 rings (SSSR count). The van der Waals surface area contributed by atoms with E-state index in [1.807, 2.05) is 0 Å². The Bertz CT molecular complexity index is 408. The molecule has 2 N–H and O–H groups in total. The second-order valence-electron chi connectivity index (χ2n) is 4.87. The average Bonchev–Trinajstić information content (AvgIpc) is 2.42. The summed E-state index contributed by atoms with van der Waals surface area (Å²) in [5.74, 6) is -0.516. The monoisotopic (exact) mass is 271 g/mol. The minimum Gasteiger partial charge on any atom is -0.381 e. The number of halogens is 2. The number of hydrogen-bond donors (Lipinski definition) is 1. The summed E-state index contributed by atoms with van der Waals surface area (Å²) in [5, 5.41) is 0. The molecular formula is C14H19F2NO2. The predicted molar refractivity (Wildman–Crippen MR) is 67.6 cm³/mol. The van der Waals surface area contributed by atoms with Crippen molar-refractivity contribution in [2.75, 3.05) is 26.4 Å². The molecular weight excluding hydrogens is 252 g/mol. The van der Waals surface area contributed by atoms with E-state index in [0.29, 0.717) is 12.5 Å². The smallest absolute Gasteiger partial charge is 0.128 e. The Morgan fingerprint density at radius 1 is 1.32 bits per heavy atom. The largest absolute Gasteiger partial charge is 0.381 e. The lowest BCUT2D eigenvalue weighted by molar-refractivity contribution is 0.0172. The molecule has 1 atom stereocenters. The molecule has 0 aromatic heterocycles. The number of ether oxygens (including phenoxy) is 2. The van der Waals surface area contributed by atoms with Crippen molar-refractivity contribution in [3.05, 3.63) is 35.4 Å².